The zero-order chi connectivity index (χ0) is 12.8. The molecule has 0 amide bonds. The zero-order valence-electron chi connectivity index (χ0n) is 12.2. The molecule has 1 aliphatic carbocycles. The number of hydrogen-bond donors (Lipinski definition) is 1. The summed E-state index contributed by atoms with van der Waals surface area (Å²) in [4.78, 5) is 2.68. The van der Waals surface area contributed by atoms with Crippen LogP contribution in [0.1, 0.15) is 46.0 Å². The van der Waals surface area contributed by atoms with E-state index in [9.17, 15) is 0 Å². The van der Waals surface area contributed by atoms with Crippen molar-refractivity contribution in [3.63, 3.8) is 0 Å². The van der Waals surface area contributed by atoms with Crippen LogP contribution in [0.2, 0.25) is 0 Å². The number of rotatable bonds is 8. The summed E-state index contributed by atoms with van der Waals surface area (Å²) in [6.45, 7) is 10.3. The maximum absolute atomic E-state index is 5.97. The average Bonchev–Trinajstić information content (AvgIpc) is 3.18. The molecule has 0 aromatic heterocycles. The van der Waals surface area contributed by atoms with Crippen LogP contribution in [0.3, 0.4) is 0 Å². The molecule has 1 saturated carbocycles. The number of piperidine rings is 1. The van der Waals surface area contributed by atoms with Crippen LogP contribution in [0.15, 0.2) is 0 Å². The summed E-state index contributed by atoms with van der Waals surface area (Å²) in [5, 5.41) is 3.38. The molecule has 3 nitrogen and oxygen atoms in total. The highest BCUT2D eigenvalue weighted by molar-refractivity contribution is 4.84. The fraction of sp³-hybridized carbons (Fsp3) is 1.00. The van der Waals surface area contributed by atoms with Crippen molar-refractivity contribution < 1.29 is 4.74 Å². The molecular formula is C15H30N2O. The fourth-order valence-corrected chi connectivity index (χ4v) is 2.81. The first-order valence-electron chi connectivity index (χ1n) is 7.82. The minimum Gasteiger partial charge on any atom is -0.378 e. The first-order valence-corrected chi connectivity index (χ1v) is 7.82. The first-order chi connectivity index (χ1) is 8.75. The normalized spacial score (nSPS) is 22.0. The molecule has 0 aromatic carbocycles. The van der Waals surface area contributed by atoms with E-state index in [1.807, 2.05) is 0 Å². The molecule has 1 aliphatic heterocycles. The molecule has 2 fully saturated rings. The summed E-state index contributed by atoms with van der Waals surface area (Å²) in [7, 11) is 0. The van der Waals surface area contributed by atoms with Gasteiger partial charge in [-0.2, -0.15) is 0 Å². The smallest absolute Gasteiger partial charge is 0.0599 e. The van der Waals surface area contributed by atoms with Gasteiger partial charge in [0.2, 0.25) is 0 Å². The molecule has 0 bridgehead atoms. The lowest BCUT2D eigenvalue weighted by Crippen LogP contribution is -2.34. The van der Waals surface area contributed by atoms with Gasteiger partial charge in [0, 0.05) is 25.7 Å². The molecule has 106 valence electrons. The standard InChI is InChI=1S/C15H30N2O/c1-13(2)12-17(14-4-5-14)10-3-11-18-15-6-8-16-9-7-15/h13-16H,3-12H2,1-2H3. The Morgan fingerprint density at radius 3 is 2.50 bits per heavy atom. The van der Waals surface area contributed by atoms with E-state index < -0.39 is 0 Å². The molecule has 1 N–H and O–H groups in total. The highest BCUT2D eigenvalue weighted by Crippen LogP contribution is 2.27. The van der Waals surface area contributed by atoms with Crippen LogP contribution in [0.25, 0.3) is 0 Å². The van der Waals surface area contributed by atoms with Crippen molar-refractivity contribution >= 4 is 0 Å². The van der Waals surface area contributed by atoms with Crippen LogP contribution < -0.4 is 5.32 Å². The van der Waals surface area contributed by atoms with Crippen molar-refractivity contribution in [1.82, 2.24) is 10.2 Å². The summed E-state index contributed by atoms with van der Waals surface area (Å²) < 4.78 is 5.97. The lowest BCUT2D eigenvalue weighted by atomic mass is 10.1. The molecule has 0 spiro atoms. The van der Waals surface area contributed by atoms with Gasteiger partial charge in [-0.15, -0.1) is 0 Å². The predicted molar refractivity (Wildman–Crippen MR) is 75.9 cm³/mol. The lowest BCUT2D eigenvalue weighted by Gasteiger charge is -2.26. The highest BCUT2D eigenvalue weighted by atomic mass is 16.5. The van der Waals surface area contributed by atoms with Gasteiger partial charge in [-0.05, 0) is 51.1 Å². The summed E-state index contributed by atoms with van der Waals surface area (Å²) in [6.07, 6.45) is 6.94. The van der Waals surface area contributed by atoms with Gasteiger partial charge in [-0.1, -0.05) is 13.8 Å². The molecule has 0 unspecified atom stereocenters. The molecule has 1 saturated heterocycles. The van der Waals surface area contributed by atoms with Crippen molar-refractivity contribution in [2.24, 2.45) is 5.92 Å². The maximum atomic E-state index is 5.97. The van der Waals surface area contributed by atoms with E-state index in [1.54, 1.807) is 0 Å². The average molecular weight is 254 g/mol. The van der Waals surface area contributed by atoms with Crippen LogP contribution in [0, 0.1) is 5.92 Å². The zero-order valence-corrected chi connectivity index (χ0v) is 12.2. The Kier molecular flexibility index (Phi) is 5.93. The van der Waals surface area contributed by atoms with E-state index >= 15 is 0 Å². The first kappa shape index (κ1) is 14.3. The topological polar surface area (TPSA) is 24.5 Å². The Bertz CT molecular complexity index is 223. The number of hydrogen-bond acceptors (Lipinski definition) is 3. The lowest BCUT2D eigenvalue weighted by molar-refractivity contribution is 0.0269. The SMILES string of the molecule is CC(C)CN(CCCOC1CCNCC1)C1CC1. The van der Waals surface area contributed by atoms with Gasteiger partial charge in [0.1, 0.15) is 0 Å². The predicted octanol–water partition coefficient (Wildman–Crippen LogP) is 2.27. The second kappa shape index (κ2) is 7.46. The van der Waals surface area contributed by atoms with Gasteiger partial charge < -0.3 is 15.0 Å². The molecule has 0 radical (unpaired) electrons. The number of nitrogens with one attached hydrogen (secondary N) is 1. The molecular weight excluding hydrogens is 224 g/mol. The van der Waals surface area contributed by atoms with Crippen LogP contribution in [0.5, 0.6) is 0 Å². The third kappa shape index (κ3) is 5.25. The van der Waals surface area contributed by atoms with E-state index in [0.717, 1.165) is 31.7 Å². The fourth-order valence-electron chi connectivity index (χ4n) is 2.81. The van der Waals surface area contributed by atoms with Crippen LogP contribution in [-0.4, -0.2) is 49.8 Å². The van der Waals surface area contributed by atoms with Crippen molar-refractivity contribution in [2.45, 2.75) is 58.1 Å². The monoisotopic (exact) mass is 254 g/mol. The maximum Gasteiger partial charge on any atom is 0.0599 e. The van der Waals surface area contributed by atoms with Gasteiger partial charge in [-0.3, -0.25) is 0 Å². The molecule has 3 heteroatoms. The van der Waals surface area contributed by atoms with E-state index in [2.05, 4.69) is 24.1 Å². The Morgan fingerprint density at radius 1 is 1.17 bits per heavy atom. The molecule has 1 heterocycles. The quantitative estimate of drug-likeness (QED) is 0.673. The van der Waals surface area contributed by atoms with Crippen LogP contribution in [0.4, 0.5) is 0 Å². The van der Waals surface area contributed by atoms with Crippen molar-refractivity contribution in [3.05, 3.63) is 0 Å². The van der Waals surface area contributed by atoms with E-state index in [0.29, 0.717) is 6.10 Å². The van der Waals surface area contributed by atoms with Gasteiger partial charge in [0.15, 0.2) is 0 Å². The summed E-state index contributed by atoms with van der Waals surface area (Å²) >= 11 is 0. The van der Waals surface area contributed by atoms with E-state index in [1.165, 1.54) is 45.2 Å². The van der Waals surface area contributed by atoms with E-state index in [4.69, 9.17) is 4.74 Å². The molecule has 2 rings (SSSR count). The minimum absolute atomic E-state index is 0.519. The Labute approximate surface area is 112 Å². The molecule has 18 heavy (non-hydrogen) atoms. The second-order valence-corrected chi connectivity index (χ2v) is 6.29. The summed E-state index contributed by atoms with van der Waals surface area (Å²) in [6, 6.07) is 0.895. The Balaban J connectivity index is 1.55. The summed E-state index contributed by atoms with van der Waals surface area (Å²) in [5.41, 5.74) is 0. The molecule has 2 aliphatic rings. The van der Waals surface area contributed by atoms with E-state index in [-0.39, 0.29) is 0 Å². The summed E-state index contributed by atoms with van der Waals surface area (Å²) in [5.74, 6) is 0.788. The van der Waals surface area contributed by atoms with Gasteiger partial charge in [-0.25, -0.2) is 0 Å². The molecule has 0 aromatic rings. The third-order valence-electron chi connectivity index (χ3n) is 3.89. The van der Waals surface area contributed by atoms with Gasteiger partial charge in [0.05, 0.1) is 6.10 Å². The van der Waals surface area contributed by atoms with Gasteiger partial charge in [0.25, 0.3) is 0 Å². The second-order valence-electron chi connectivity index (χ2n) is 6.29. The largest absolute Gasteiger partial charge is 0.378 e. The van der Waals surface area contributed by atoms with Crippen molar-refractivity contribution in [1.29, 1.82) is 0 Å². The van der Waals surface area contributed by atoms with Crippen LogP contribution in [-0.2, 0) is 4.74 Å². The minimum atomic E-state index is 0.519. The number of ether oxygens (including phenoxy) is 1. The Morgan fingerprint density at radius 2 is 1.89 bits per heavy atom. The molecule has 0 atom stereocenters. The number of nitrogens with zero attached hydrogens (tertiary/aromatic N) is 1. The highest BCUT2D eigenvalue weighted by Gasteiger charge is 2.28. The van der Waals surface area contributed by atoms with Gasteiger partial charge >= 0.3 is 0 Å². The third-order valence-corrected chi connectivity index (χ3v) is 3.89. The Hall–Kier alpha value is -0.120. The van der Waals surface area contributed by atoms with Crippen molar-refractivity contribution in [2.75, 3.05) is 32.8 Å². The van der Waals surface area contributed by atoms with Crippen molar-refractivity contribution in [3.8, 4) is 0 Å². The van der Waals surface area contributed by atoms with Crippen LogP contribution >= 0.6 is 0 Å².